The van der Waals surface area contributed by atoms with Crippen LogP contribution in [0.4, 0.5) is 0 Å². The van der Waals surface area contributed by atoms with Crippen molar-refractivity contribution in [3.8, 4) is 0 Å². The number of Topliss-reactive ketones (excluding diaryl/α,β-unsaturated/α-hetero) is 1. The average Bonchev–Trinajstić information content (AvgIpc) is 2.15. The van der Waals surface area contributed by atoms with Gasteiger partial charge in [0.25, 0.3) is 0 Å². The van der Waals surface area contributed by atoms with E-state index in [1.54, 1.807) is 17.7 Å². The van der Waals surface area contributed by atoms with E-state index < -0.39 is 0 Å². The fourth-order valence-corrected chi connectivity index (χ4v) is 2.57. The summed E-state index contributed by atoms with van der Waals surface area (Å²) in [5.74, 6) is 1.40. The van der Waals surface area contributed by atoms with Gasteiger partial charge < -0.3 is 0 Å². The van der Waals surface area contributed by atoms with Crippen molar-refractivity contribution < 1.29 is 4.79 Å². The summed E-state index contributed by atoms with van der Waals surface area (Å²) in [6, 6.07) is 0.526. The van der Waals surface area contributed by atoms with Crippen LogP contribution in [0.3, 0.4) is 0 Å². The summed E-state index contributed by atoms with van der Waals surface area (Å²) in [4.78, 5) is 13.3. The van der Waals surface area contributed by atoms with Gasteiger partial charge in [0.15, 0.2) is 0 Å². The van der Waals surface area contributed by atoms with E-state index in [0.717, 1.165) is 12.2 Å². The number of ketones is 1. The predicted molar refractivity (Wildman–Crippen MR) is 68.0 cm³/mol. The number of carbonyl (C=O) groups excluding carboxylic acids is 1. The number of carbonyl (C=O) groups is 1. The first-order valence-corrected chi connectivity index (χ1v) is 7.61. The lowest BCUT2D eigenvalue weighted by atomic mass is 10.1. The zero-order valence-corrected chi connectivity index (χ0v) is 11.4. The van der Waals surface area contributed by atoms with Gasteiger partial charge >= 0.3 is 0 Å². The smallest absolute Gasteiger partial charge is 0.146 e. The third-order valence-electron chi connectivity index (χ3n) is 2.63. The third-order valence-corrected chi connectivity index (χ3v) is 4.48. The van der Waals surface area contributed by atoms with E-state index in [4.69, 9.17) is 0 Å². The standard InChI is InChI=1S/C10H21NOS2/c1-8(6-7-14-13-5)11(4)9(2)10(3)12/h8-9H,6-7H2,1-5H3/t8?,9-/m0/s1. The van der Waals surface area contributed by atoms with Crippen LogP contribution in [-0.4, -0.2) is 41.8 Å². The van der Waals surface area contributed by atoms with E-state index in [0.29, 0.717) is 6.04 Å². The summed E-state index contributed by atoms with van der Waals surface area (Å²) >= 11 is 0. The highest BCUT2D eigenvalue weighted by Gasteiger charge is 2.18. The fourth-order valence-electron chi connectivity index (χ4n) is 1.17. The molecule has 0 aromatic rings. The minimum atomic E-state index is 0.0456. The summed E-state index contributed by atoms with van der Waals surface area (Å²) in [6.45, 7) is 5.81. The summed E-state index contributed by atoms with van der Waals surface area (Å²) in [5, 5.41) is 0. The molecule has 84 valence electrons. The van der Waals surface area contributed by atoms with E-state index in [-0.39, 0.29) is 11.8 Å². The Hall–Kier alpha value is 0.330. The molecule has 0 bridgehead atoms. The Kier molecular flexibility index (Phi) is 7.78. The summed E-state index contributed by atoms with van der Waals surface area (Å²) < 4.78 is 0. The van der Waals surface area contributed by atoms with Crippen LogP contribution in [0.15, 0.2) is 0 Å². The molecule has 0 aliphatic rings. The highest BCUT2D eigenvalue weighted by atomic mass is 33.1. The molecule has 0 aliphatic carbocycles. The number of likely N-dealkylation sites (N-methyl/N-ethyl adjacent to an activating group) is 1. The lowest BCUT2D eigenvalue weighted by molar-refractivity contribution is -0.121. The summed E-state index contributed by atoms with van der Waals surface area (Å²) in [5.41, 5.74) is 0. The second-order valence-electron chi connectivity index (χ2n) is 3.58. The van der Waals surface area contributed by atoms with Crippen LogP contribution in [0.25, 0.3) is 0 Å². The Labute approximate surface area is 95.6 Å². The normalized spacial score (nSPS) is 15.6. The molecule has 0 rings (SSSR count). The van der Waals surface area contributed by atoms with Crippen molar-refractivity contribution in [3.05, 3.63) is 0 Å². The Bertz CT molecular complexity index is 176. The first kappa shape index (κ1) is 14.3. The van der Waals surface area contributed by atoms with Gasteiger partial charge in [-0.05, 0) is 40.5 Å². The largest absolute Gasteiger partial charge is 0.298 e. The van der Waals surface area contributed by atoms with E-state index >= 15 is 0 Å². The minimum absolute atomic E-state index is 0.0456. The van der Waals surface area contributed by atoms with Gasteiger partial charge in [-0.25, -0.2) is 0 Å². The quantitative estimate of drug-likeness (QED) is 0.499. The second-order valence-corrected chi connectivity index (χ2v) is 6.26. The van der Waals surface area contributed by atoms with Crippen LogP contribution in [0, 0.1) is 0 Å². The fraction of sp³-hybridized carbons (Fsp3) is 0.900. The summed E-state index contributed by atoms with van der Waals surface area (Å²) in [7, 11) is 5.71. The van der Waals surface area contributed by atoms with Crippen molar-refractivity contribution >= 4 is 27.4 Å². The van der Waals surface area contributed by atoms with Gasteiger partial charge in [0.1, 0.15) is 5.78 Å². The molecule has 0 aliphatic heterocycles. The molecule has 4 heteroatoms. The van der Waals surface area contributed by atoms with Gasteiger partial charge in [0.2, 0.25) is 0 Å². The van der Waals surface area contributed by atoms with Gasteiger partial charge in [0.05, 0.1) is 6.04 Å². The molecule has 2 atom stereocenters. The van der Waals surface area contributed by atoms with E-state index in [9.17, 15) is 4.79 Å². The molecule has 1 unspecified atom stereocenters. The topological polar surface area (TPSA) is 20.3 Å². The Morgan fingerprint density at radius 1 is 1.43 bits per heavy atom. The van der Waals surface area contributed by atoms with Crippen LogP contribution in [-0.2, 0) is 4.79 Å². The van der Waals surface area contributed by atoms with Crippen LogP contribution >= 0.6 is 21.6 Å². The highest BCUT2D eigenvalue weighted by Crippen LogP contribution is 2.19. The van der Waals surface area contributed by atoms with Gasteiger partial charge in [-0.3, -0.25) is 9.69 Å². The molecule has 2 nitrogen and oxygen atoms in total. The lowest BCUT2D eigenvalue weighted by Gasteiger charge is -2.29. The molecule has 0 amide bonds. The number of hydrogen-bond donors (Lipinski definition) is 0. The van der Waals surface area contributed by atoms with Gasteiger partial charge in [0, 0.05) is 11.8 Å². The molecule has 0 radical (unpaired) electrons. The predicted octanol–water partition coefficient (Wildman–Crippen LogP) is 2.69. The van der Waals surface area contributed by atoms with Gasteiger partial charge in [-0.15, -0.1) is 0 Å². The Morgan fingerprint density at radius 3 is 2.43 bits per heavy atom. The monoisotopic (exact) mass is 235 g/mol. The molecular formula is C10H21NOS2. The van der Waals surface area contributed by atoms with Crippen molar-refractivity contribution in [2.24, 2.45) is 0 Å². The first-order chi connectivity index (χ1) is 6.50. The van der Waals surface area contributed by atoms with Crippen molar-refractivity contribution in [1.82, 2.24) is 4.90 Å². The SMILES string of the molecule is CSSCCC(C)N(C)[C@@H](C)C(C)=O. The van der Waals surface area contributed by atoms with E-state index in [1.165, 1.54) is 0 Å². The molecule has 0 saturated heterocycles. The highest BCUT2D eigenvalue weighted by molar-refractivity contribution is 8.76. The van der Waals surface area contributed by atoms with Crippen molar-refractivity contribution in [2.75, 3.05) is 19.1 Å². The van der Waals surface area contributed by atoms with Crippen molar-refractivity contribution in [3.63, 3.8) is 0 Å². The molecule has 0 heterocycles. The maximum absolute atomic E-state index is 11.2. The Balaban J connectivity index is 3.85. The maximum atomic E-state index is 11.2. The number of hydrogen-bond acceptors (Lipinski definition) is 4. The maximum Gasteiger partial charge on any atom is 0.146 e. The molecule has 0 aromatic carbocycles. The van der Waals surface area contributed by atoms with Crippen LogP contribution in [0.1, 0.15) is 27.2 Å². The van der Waals surface area contributed by atoms with Gasteiger partial charge in [-0.2, -0.15) is 0 Å². The first-order valence-electron chi connectivity index (χ1n) is 4.88. The van der Waals surface area contributed by atoms with Crippen molar-refractivity contribution in [2.45, 2.75) is 39.3 Å². The van der Waals surface area contributed by atoms with Crippen LogP contribution in [0.2, 0.25) is 0 Å². The lowest BCUT2D eigenvalue weighted by Crippen LogP contribution is -2.41. The van der Waals surface area contributed by atoms with E-state index in [2.05, 4.69) is 18.1 Å². The summed E-state index contributed by atoms with van der Waals surface area (Å²) in [6.07, 6.45) is 3.23. The van der Waals surface area contributed by atoms with Crippen LogP contribution < -0.4 is 0 Å². The molecule has 0 saturated carbocycles. The zero-order valence-electron chi connectivity index (χ0n) is 9.74. The average molecular weight is 235 g/mol. The molecule has 0 spiro atoms. The molecule has 14 heavy (non-hydrogen) atoms. The molecule has 0 fully saturated rings. The van der Waals surface area contributed by atoms with Crippen molar-refractivity contribution in [1.29, 1.82) is 0 Å². The number of nitrogens with zero attached hydrogens (tertiary/aromatic N) is 1. The second kappa shape index (κ2) is 7.60. The molecule has 0 N–H and O–H groups in total. The molecular weight excluding hydrogens is 214 g/mol. The molecule has 0 aromatic heterocycles. The van der Waals surface area contributed by atoms with Gasteiger partial charge in [-0.1, -0.05) is 21.6 Å². The zero-order chi connectivity index (χ0) is 11.1. The minimum Gasteiger partial charge on any atom is -0.298 e. The van der Waals surface area contributed by atoms with E-state index in [1.807, 2.05) is 24.8 Å². The Morgan fingerprint density at radius 2 is 2.00 bits per heavy atom. The third kappa shape index (κ3) is 5.27. The van der Waals surface area contributed by atoms with Crippen LogP contribution in [0.5, 0.6) is 0 Å². The number of rotatable bonds is 7.